The van der Waals surface area contributed by atoms with Gasteiger partial charge in [0.1, 0.15) is 6.33 Å². The topological polar surface area (TPSA) is 113 Å². The molecule has 0 atom stereocenters. The van der Waals surface area contributed by atoms with Gasteiger partial charge in [0.05, 0.1) is 4.92 Å². The second-order valence-electron chi connectivity index (χ2n) is 4.69. The maximum absolute atomic E-state index is 11.9. The summed E-state index contributed by atoms with van der Waals surface area (Å²) in [6.45, 7) is 1.91. The van der Waals surface area contributed by atoms with Gasteiger partial charge in [0.15, 0.2) is 0 Å². The minimum atomic E-state index is -0.545. The SMILES string of the molecule is CNc1ncnc(NCCC(=O)N2CCCC2)c1[N+](=O)[O-]. The number of carbonyl (C=O) groups excluding carboxylic acids is 1. The molecule has 2 rings (SSSR count). The van der Waals surface area contributed by atoms with Crippen molar-refractivity contribution in [3.8, 4) is 0 Å². The number of amides is 1. The van der Waals surface area contributed by atoms with E-state index < -0.39 is 4.92 Å². The Kier molecular flexibility index (Phi) is 4.85. The number of likely N-dealkylation sites (tertiary alicyclic amines) is 1. The average Bonchev–Trinajstić information content (AvgIpc) is 3.00. The zero-order valence-corrected chi connectivity index (χ0v) is 11.8. The Morgan fingerprint density at radius 1 is 1.38 bits per heavy atom. The van der Waals surface area contributed by atoms with E-state index in [2.05, 4.69) is 20.6 Å². The zero-order chi connectivity index (χ0) is 15.2. The molecule has 9 nitrogen and oxygen atoms in total. The van der Waals surface area contributed by atoms with E-state index in [1.54, 1.807) is 7.05 Å². The lowest BCUT2D eigenvalue weighted by atomic mass is 10.3. The van der Waals surface area contributed by atoms with Crippen molar-refractivity contribution in [1.29, 1.82) is 0 Å². The number of carbonyl (C=O) groups is 1. The Balaban J connectivity index is 1.96. The smallest absolute Gasteiger partial charge is 0.353 e. The lowest BCUT2D eigenvalue weighted by molar-refractivity contribution is -0.383. The highest BCUT2D eigenvalue weighted by atomic mass is 16.6. The first-order valence-electron chi connectivity index (χ1n) is 6.82. The summed E-state index contributed by atoms with van der Waals surface area (Å²) >= 11 is 0. The van der Waals surface area contributed by atoms with Crippen LogP contribution in [-0.4, -0.2) is 52.4 Å². The molecule has 0 radical (unpaired) electrons. The van der Waals surface area contributed by atoms with Gasteiger partial charge in [0.25, 0.3) is 0 Å². The highest BCUT2D eigenvalue weighted by Gasteiger charge is 2.22. The molecule has 0 aliphatic carbocycles. The predicted molar refractivity (Wildman–Crippen MR) is 77.2 cm³/mol. The van der Waals surface area contributed by atoms with Gasteiger partial charge in [-0.1, -0.05) is 0 Å². The van der Waals surface area contributed by atoms with Crippen molar-refractivity contribution in [2.45, 2.75) is 19.3 Å². The Labute approximate surface area is 121 Å². The van der Waals surface area contributed by atoms with Crippen molar-refractivity contribution >= 4 is 23.2 Å². The highest BCUT2D eigenvalue weighted by molar-refractivity contribution is 5.77. The van der Waals surface area contributed by atoms with Gasteiger partial charge >= 0.3 is 5.69 Å². The van der Waals surface area contributed by atoms with E-state index in [9.17, 15) is 14.9 Å². The minimum Gasteiger partial charge on any atom is -0.367 e. The quantitative estimate of drug-likeness (QED) is 0.590. The van der Waals surface area contributed by atoms with Crippen molar-refractivity contribution < 1.29 is 9.72 Å². The number of rotatable bonds is 6. The average molecular weight is 294 g/mol. The maximum atomic E-state index is 11.9. The van der Waals surface area contributed by atoms with Gasteiger partial charge in [0.2, 0.25) is 17.5 Å². The van der Waals surface area contributed by atoms with E-state index in [1.165, 1.54) is 6.33 Å². The predicted octanol–water partition coefficient (Wildman–Crippen LogP) is 0.851. The first-order valence-corrected chi connectivity index (χ1v) is 6.82. The van der Waals surface area contributed by atoms with E-state index in [0.29, 0.717) is 6.54 Å². The fourth-order valence-electron chi connectivity index (χ4n) is 2.28. The van der Waals surface area contributed by atoms with Gasteiger partial charge in [-0.2, -0.15) is 0 Å². The third-order valence-electron chi connectivity index (χ3n) is 3.33. The molecule has 21 heavy (non-hydrogen) atoms. The van der Waals surface area contributed by atoms with E-state index in [-0.39, 0.29) is 29.7 Å². The van der Waals surface area contributed by atoms with Crippen molar-refractivity contribution in [2.75, 3.05) is 37.3 Å². The number of anilines is 2. The largest absolute Gasteiger partial charge is 0.367 e. The van der Waals surface area contributed by atoms with E-state index in [1.807, 2.05) is 4.90 Å². The number of nitrogens with zero attached hydrogens (tertiary/aromatic N) is 4. The first kappa shape index (κ1) is 14.9. The van der Waals surface area contributed by atoms with Crippen LogP contribution in [0, 0.1) is 10.1 Å². The van der Waals surface area contributed by atoms with Gasteiger partial charge in [0, 0.05) is 33.1 Å². The summed E-state index contributed by atoms with van der Waals surface area (Å²) in [7, 11) is 1.55. The monoisotopic (exact) mass is 294 g/mol. The molecule has 1 aromatic heterocycles. The highest BCUT2D eigenvalue weighted by Crippen LogP contribution is 2.28. The number of hydrogen-bond acceptors (Lipinski definition) is 7. The molecular formula is C12H18N6O3. The molecule has 114 valence electrons. The normalized spacial score (nSPS) is 14.0. The van der Waals surface area contributed by atoms with Crippen LogP contribution in [0.25, 0.3) is 0 Å². The summed E-state index contributed by atoms with van der Waals surface area (Å²) < 4.78 is 0. The number of hydrogen-bond donors (Lipinski definition) is 2. The molecule has 0 aromatic carbocycles. The molecule has 1 amide bonds. The Hall–Kier alpha value is -2.45. The lowest BCUT2D eigenvalue weighted by Crippen LogP contribution is -2.29. The van der Waals surface area contributed by atoms with E-state index in [0.717, 1.165) is 25.9 Å². The molecule has 1 saturated heterocycles. The van der Waals surface area contributed by atoms with Crippen molar-refractivity contribution in [1.82, 2.24) is 14.9 Å². The maximum Gasteiger partial charge on any atom is 0.353 e. The molecule has 0 unspecified atom stereocenters. The van der Waals surface area contributed by atoms with Crippen LogP contribution in [0.1, 0.15) is 19.3 Å². The fraction of sp³-hybridized carbons (Fsp3) is 0.583. The molecule has 2 heterocycles. The standard InChI is InChI=1S/C12H18N6O3/c1-13-11-10(18(20)21)12(16-8-15-11)14-5-4-9(19)17-6-2-3-7-17/h8H,2-7H2,1H3,(H2,13,14,15,16). The van der Waals surface area contributed by atoms with Crippen LogP contribution in [0.4, 0.5) is 17.3 Å². The van der Waals surface area contributed by atoms with Crippen LogP contribution >= 0.6 is 0 Å². The van der Waals surface area contributed by atoms with Crippen molar-refractivity contribution in [2.24, 2.45) is 0 Å². The minimum absolute atomic E-state index is 0.0607. The van der Waals surface area contributed by atoms with Crippen LogP contribution in [0.5, 0.6) is 0 Å². The Morgan fingerprint density at radius 3 is 2.67 bits per heavy atom. The zero-order valence-electron chi connectivity index (χ0n) is 11.8. The Morgan fingerprint density at radius 2 is 2.05 bits per heavy atom. The van der Waals surface area contributed by atoms with Gasteiger partial charge in [-0.3, -0.25) is 14.9 Å². The number of nitro groups is 1. The molecule has 2 N–H and O–H groups in total. The molecule has 0 spiro atoms. The summed E-state index contributed by atoms with van der Waals surface area (Å²) in [5.74, 6) is 0.322. The molecule has 1 fully saturated rings. The van der Waals surface area contributed by atoms with Gasteiger partial charge in [-0.05, 0) is 12.8 Å². The molecule has 1 aliphatic heterocycles. The van der Waals surface area contributed by atoms with Crippen molar-refractivity contribution in [3.05, 3.63) is 16.4 Å². The molecule has 0 bridgehead atoms. The molecule has 9 heteroatoms. The van der Waals surface area contributed by atoms with E-state index >= 15 is 0 Å². The van der Waals surface area contributed by atoms with Gasteiger partial charge < -0.3 is 15.5 Å². The molecular weight excluding hydrogens is 276 g/mol. The van der Waals surface area contributed by atoms with Crippen LogP contribution in [-0.2, 0) is 4.79 Å². The molecule has 1 aromatic rings. The summed E-state index contributed by atoms with van der Waals surface area (Å²) in [5, 5.41) is 16.6. The van der Waals surface area contributed by atoms with Crippen LogP contribution < -0.4 is 10.6 Å². The van der Waals surface area contributed by atoms with Crippen LogP contribution in [0.15, 0.2) is 6.33 Å². The van der Waals surface area contributed by atoms with Gasteiger partial charge in [-0.25, -0.2) is 9.97 Å². The third-order valence-corrected chi connectivity index (χ3v) is 3.33. The van der Waals surface area contributed by atoms with Crippen molar-refractivity contribution in [3.63, 3.8) is 0 Å². The van der Waals surface area contributed by atoms with Crippen LogP contribution in [0.2, 0.25) is 0 Å². The summed E-state index contributed by atoms with van der Waals surface area (Å²) in [5.41, 5.74) is -0.214. The number of nitrogens with one attached hydrogen (secondary N) is 2. The first-order chi connectivity index (χ1) is 10.1. The summed E-state index contributed by atoms with van der Waals surface area (Å²) in [4.78, 5) is 31.9. The molecule has 0 saturated carbocycles. The fourth-order valence-corrected chi connectivity index (χ4v) is 2.28. The van der Waals surface area contributed by atoms with E-state index in [4.69, 9.17) is 0 Å². The number of aromatic nitrogens is 2. The third kappa shape index (κ3) is 3.56. The second-order valence-corrected chi connectivity index (χ2v) is 4.69. The summed E-state index contributed by atoms with van der Waals surface area (Å²) in [6, 6.07) is 0. The van der Waals surface area contributed by atoms with Gasteiger partial charge in [-0.15, -0.1) is 0 Å². The van der Waals surface area contributed by atoms with Crippen LogP contribution in [0.3, 0.4) is 0 Å². The second kappa shape index (κ2) is 6.82. The Bertz CT molecular complexity index is 530. The lowest BCUT2D eigenvalue weighted by Gasteiger charge is -2.15. The summed E-state index contributed by atoms with van der Waals surface area (Å²) in [6.07, 6.45) is 3.61. The molecule has 1 aliphatic rings.